The molecule has 2 atom stereocenters. The molecule has 1 N–H and O–H groups in total. The quantitative estimate of drug-likeness (QED) is 0.832. The number of hydrogen-bond donors (Lipinski definition) is 1. The Bertz CT molecular complexity index is 557. The lowest BCUT2D eigenvalue weighted by Crippen LogP contribution is -2.35. The van der Waals surface area contributed by atoms with Gasteiger partial charge in [0.2, 0.25) is 5.91 Å². The topological polar surface area (TPSA) is 61.6 Å². The first kappa shape index (κ1) is 18.7. The van der Waals surface area contributed by atoms with Crippen molar-refractivity contribution in [1.82, 2.24) is 19.6 Å². The number of carbonyl (C=O) groups excluding carboxylic acids is 1. The van der Waals surface area contributed by atoms with Gasteiger partial charge in [-0.05, 0) is 31.8 Å². The Morgan fingerprint density at radius 3 is 2.56 bits per heavy atom. The molecule has 2 aliphatic heterocycles. The molecule has 25 heavy (non-hydrogen) atoms. The summed E-state index contributed by atoms with van der Waals surface area (Å²) in [5.74, 6) is 0.723. The van der Waals surface area contributed by atoms with Crippen molar-refractivity contribution in [3.63, 3.8) is 0 Å². The van der Waals surface area contributed by atoms with Crippen LogP contribution in [-0.4, -0.2) is 69.9 Å². The minimum absolute atomic E-state index is 0.142. The average molecular weight is 369 g/mol. The molecule has 1 aromatic rings. The summed E-state index contributed by atoms with van der Waals surface area (Å²) in [6.45, 7) is 5.46. The average Bonchev–Trinajstić information content (AvgIpc) is 3.11. The molecule has 3 rings (SSSR count). The molecule has 140 valence electrons. The fourth-order valence-corrected chi connectivity index (χ4v) is 4.19. The van der Waals surface area contributed by atoms with Crippen LogP contribution in [0, 0.1) is 11.8 Å². The molecule has 0 bridgehead atoms. The van der Waals surface area contributed by atoms with Gasteiger partial charge in [0.15, 0.2) is 0 Å². The largest absolute Gasteiger partial charge is 0.396 e. The second-order valence-electron chi connectivity index (χ2n) is 7.39. The fourth-order valence-electron chi connectivity index (χ4n) is 4.04. The Hall–Kier alpha value is -1.11. The number of aliphatic hydroxyl groups excluding tert-OH is 1. The molecule has 2 unspecified atom stereocenters. The molecular weight excluding hydrogens is 340 g/mol. The van der Waals surface area contributed by atoms with Gasteiger partial charge < -0.3 is 14.9 Å². The van der Waals surface area contributed by atoms with Crippen molar-refractivity contribution in [2.75, 3.05) is 39.3 Å². The monoisotopic (exact) mass is 368 g/mol. The number of aliphatic hydroxyl groups is 1. The van der Waals surface area contributed by atoms with E-state index in [0.29, 0.717) is 30.5 Å². The molecule has 7 heteroatoms. The number of aromatic nitrogens is 2. The predicted octanol–water partition coefficient (Wildman–Crippen LogP) is 1.87. The van der Waals surface area contributed by atoms with Crippen molar-refractivity contribution >= 4 is 17.5 Å². The van der Waals surface area contributed by atoms with Gasteiger partial charge >= 0.3 is 0 Å². The van der Waals surface area contributed by atoms with Gasteiger partial charge in [-0.15, -0.1) is 0 Å². The maximum absolute atomic E-state index is 12.5. The summed E-state index contributed by atoms with van der Waals surface area (Å²) in [6, 6.07) is 0. The van der Waals surface area contributed by atoms with Gasteiger partial charge in [-0.3, -0.25) is 9.48 Å². The van der Waals surface area contributed by atoms with Gasteiger partial charge in [-0.25, -0.2) is 0 Å². The first-order chi connectivity index (χ1) is 12.2. The second-order valence-corrected chi connectivity index (χ2v) is 7.82. The summed E-state index contributed by atoms with van der Waals surface area (Å²) in [5.41, 5.74) is 0. The molecule has 0 spiro atoms. The maximum Gasteiger partial charge on any atom is 0.224 e. The van der Waals surface area contributed by atoms with Gasteiger partial charge in [-0.2, -0.15) is 5.10 Å². The molecule has 2 fully saturated rings. The van der Waals surface area contributed by atoms with Crippen LogP contribution in [0.4, 0.5) is 0 Å². The van der Waals surface area contributed by atoms with E-state index >= 15 is 0 Å². The van der Waals surface area contributed by atoms with Crippen LogP contribution in [0.1, 0.15) is 32.1 Å². The Morgan fingerprint density at radius 2 is 1.92 bits per heavy atom. The van der Waals surface area contributed by atoms with Crippen LogP contribution in [0.2, 0.25) is 5.02 Å². The number of carbonyl (C=O) groups is 1. The van der Waals surface area contributed by atoms with E-state index in [4.69, 9.17) is 11.6 Å². The van der Waals surface area contributed by atoms with Crippen molar-refractivity contribution in [3.8, 4) is 0 Å². The summed E-state index contributed by atoms with van der Waals surface area (Å²) in [5, 5.41) is 14.4. The van der Waals surface area contributed by atoms with Crippen LogP contribution in [0.5, 0.6) is 0 Å². The molecule has 0 aliphatic carbocycles. The smallest absolute Gasteiger partial charge is 0.224 e. The second kappa shape index (κ2) is 9.01. The van der Waals surface area contributed by atoms with E-state index in [1.165, 1.54) is 25.7 Å². The molecule has 3 heterocycles. The van der Waals surface area contributed by atoms with Crippen LogP contribution < -0.4 is 0 Å². The molecular formula is C18H29ClN4O2. The zero-order valence-electron chi connectivity index (χ0n) is 14.8. The Kier molecular flexibility index (Phi) is 6.73. The Balaban J connectivity index is 1.50. The number of rotatable bonds is 6. The third kappa shape index (κ3) is 5.19. The van der Waals surface area contributed by atoms with Gasteiger partial charge in [-0.1, -0.05) is 24.4 Å². The predicted molar refractivity (Wildman–Crippen MR) is 97.4 cm³/mol. The molecule has 0 aromatic carbocycles. The molecule has 1 amide bonds. The summed E-state index contributed by atoms with van der Waals surface area (Å²) in [4.78, 5) is 17.0. The van der Waals surface area contributed by atoms with Gasteiger partial charge in [0.1, 0.15) is 0 Å². The highest BCUT2D eigenvalue weighted by Gasteiger charge is 2.35. The van der Waals surface area contributed by atoms with Crippen LogP contribution in [0.15, 0.2) is 12.4 Å². The van der Waals surface area contributed by atoms with Crippen molar-refractivity contribution in [2.24, 2.45) is 11.8 Å². The molecule has 2 aliphatic rings. The number of nitrogens with zero attached hydrogens (tertiary/aromatic N) is 4. The number of hydrogen-bond acceptors (Lipinski definition) is 4. The van der Waals surface area contributed by atoms with E-state index < -0.39 is 0 Å². The van der Waals surface area contributed by atoms with Crippen molar-refractivity contribution in [2.45, 2.75) is 38.6 Å². The van der Waals surface area contributed by atoms with Gasteiger partial charge in [0.05, 0.1) is 11.2 Å². The van der Waals surface area contributed by atoms with Crippen molar-refractivity contribution < 1.29 is 9.90 Å². The van der Waals surface area contributed by atoms with E-state index in [9.17, 15) is 9.90 Å². The van der Waals surface area contributed by atoms with Crippen LogP contribution >= 0.6 is 11.6 Å². The zero-order valence-corrected chi connectivity index (χ0v) is 15.6. The number of likely N-dealkylation sites (tertiary alicyclic amines) is 2. The van der Waals surface area contributed by atoms with E-state index in [2.05, 4.69) is 10.00 Å². The fraction of sp³-hybridized carbons (Fsp3) is 0.778. The van der Waals surface area contributed by atoms with Gasteiger partial charge in [0, 0.05) is 51.3 Å². The summed E-state index contributed by atoms with van der Waals surface area (Å²) in [7, 11) is 0. The van der Waals surface area contributed by atoms with Crippen LogP contribution in [0.3, 0.4) is 0 Å². The minimum Gasteiger partial charge on any atom is -0.396 e. The summed E-state index contributed by atoms with van der Waals surface area (Å²) >= 11 is 5.85. The maximum atomic E-state index is 12.5. The Morgan fingerprint density at radius 1 is 1.20 bits per heavy atom. The van der Waals surface area contributed by atoms with E-state index in [1.807, 2.05) is 4.90 Å². The standard InChI is InChI=1S/C18H29ClN4O2/c19-17-9-20-23(13-17)8-5-18(25)22-11-15(16(12-22)14-24)10-21-6-3-1-2-4-7-21/h9,13,15-16,24H,1-8,10-12,14H2. The van der Waals surface area contributed by atoms with Crippen molar-refractivity contribution in [3.05, 3.63) is 17.4 Å². The lowest BCUT2D eigenvalue weighted by molar-refractivity contribution is -0.130. The molecule has 2 saturated heterocycles. The molecule has 0 saturated carbocycles. The highest BCUT2D eigenvalue weighted by Crippen LogP contribution is 2.26. The number of amides is 1. The SMILES string of the molecule is O=C(CCn1cc(Cl)cn1)N1CC(CO)C(CN2CCCCCC2)C1. The zero-order chi connectivity index (χ0) is 17.6. The third-order valence-electron chi connectivity index (χ3n) is 5.51. The third-order valence-corrected chi connectivity index (χ3v) is 5.71. The lowest BCUT2D eigenvalue weighted by atomic mass is 9.96. The minimum atomic E-state index is 0.142. The number of aryl methyl sites for hydroxylation is 1. The first-order valence-corrected chi connectivity index (χ1v) is 9.82. The van der Waals surface area contributed by atoms with Crippen LogP contribution in [-0.2, 0) is 11.3 Å². The Labute approximate surface area is 154 Å². The van der Waals surface area contributed by atoms with Crippen LogP contribution in [0.25, 0.3) is 0 Å². The molecule has 6 nitrogen and oxygen atoms in total. The van der Waals surface area contributed by atoms with Crippen molar-refractivity contribution in [1.29, 1.82) is 0 Å². The lowest BCUT2D eigenvalue weighted by Gasteiger charge is -2.26. The van der Waals surface area contributed by atoms with Gasteiger partial charge in [0.25, 0.3) is 0 Å². The first-order valence-electron chi connectivity index (χ1n) is 9.44. The highest BCUT2D eigenvalue weighted by molar-refractivity contribution is 6.30. The van der Waals surface area contributed by atoms with E-state index in [-0.39, 0.29) is 18.4 Å². The highest BCUT2D eigenvalue weighted by atomic mass is 35.5. The number of halogens is 1. The van der Waals surface area contributed by atoms with E-state index in [0.717, 1.165) is 26.2 Å². The molecule has 1 aromatic heterocycles. The summed E-state index contributed by atoms with van der Waals surface area (Å²) in [6.07, 6.45) is 8.93. The summed E-state index contributed by atoms with van der Waals surface area (Å²) < 4.78 is 1.70. The normalized spacial score (nSPS) is 25.3. The van der Waals surface area contributed by atoms with E-state index in [1.54, 1.807) is 17.1 Å². The molecule has 0 radical (unpaired) electrons.